The molecule has 4 heteroatoms. The normalized spacial score (nSPS) is 20.2. The van der Waals surface area contributed by atoms with Crippen molar-refractivity contribution in [3.63, 3.8) is 0 Å². The Balaban J connectivity index is 1.67. The van der Waals surface area contributed by atoms with Gasteiger partial charge < -0.3 is 0 Å². The second-order valence-corrected chi connectivity index (χ2v) is 5.48. The number of ketones is 1. The van der Waals surface area contributed by atoms with Gasteiger partial charge in [-0.1, -0.05) is 25.1 Å². The lowest BCUT2D eigenvalue weighted by Gasteiger charge is -2.29. The Kier molecular flexibility index (Phi) is 3.65. The quantitative estimate of drug-likeness (QED) is 0.858. The summed E-state index contributed by atoms with van der Waals surface area (Å²) in [6.45, 7) is 4.60. The third kappa shape index (κ3) is 2.80. The highest BCUT2D eigenvalue weighted by atomic mass is 16.1. The number of nitrogens with zero attached hydrogens (tertiary/aromatic N) is 3. The molecule has 0 saturated carbocycles. The van der Waals surface area contributed by atoms with Gasteiger partial charge in [-0.05, 0) is 12.1 Å². The average Bonchev–Trinajstić information content (AvgIpc) is 2.92. The molecule has 1 unspecified atom stereocenters. The number of aromatic nitrogens is 2. The summed E-state index contributed by atoms with van der Waals surface area (Å²) in [5.41, 5.74) is 2.26. The molecule has 0 N–H and O–H groups in total. The van der Waals surface area contributed by atoms with E-state index in [9.17, 15) is 4.79 Å². The topological polar surface area (TPSA) is 38.1 Å². The number of benzene rings is 1. The van der Waals surface area contributed by atoms with Gasteiger partial charge in [-0.3, -0.25) is 9.69 Å². The molecule has 1 aromatic carbocycles. The summed E-state index contributed by atoms with van der Waals surface area (Å²) in [6.07, 6.45) is 4.65. The van der Waals surface area contributed by atoms with Crippen LogP contribution in [0.4, 0.5) is 0 Å². The Morgan fingerprint density at radius 1 is 1.30 bits per heavy atom. The SMILES string of the molecule is CC1CN(Cc2cnn(-c3ccccc3)c2)CCC1=O. The van der Waals surface area contributed by atoms with Crippen LogP contribution in [0.3, 0.4) is 0 Å². The number of rotatable bonds is 3. The molecule has 2 heterocycles. The van der Waals surface area contributed by atoms with E-state index in [0.717, 1.165) is 25.3 Å². The van der Waals surface area contributed by atoms with Crippen LogP contribution in [0.2, 0.25) is 0 Å². The molecule has 1 atom stereocenters. The predicted molar refractivity (Wildman–Crippen MR) is 77.6 cm³/mol. The molecule has 1 aromatic heterocycles. The molecule has 20 heavy (non-hydrogen) atoms. The molecule has 1 aliphatic heterocycles. The first-order valence-corrected chi connectivity index (χ1v) is 7.06. The summed E-state index contributed by atoms with van der Waals surface area (Å²) in [5.74, 6) is 0.550. The highest BCUT2D eigenvalue weighted by Crippen LogP contribution is 2.16. The van der Waals surface area contributed by atoms with Gasteiger partial charge in [0.05, 0.1) is 11.9 Å². The van der Waals surface area contributed by atoms with E-state index in [1.807, 2.05) is 48.1 Å². The fourth-order valence-electron chi connectivity index (χ4n) is 2.66. The van der Waals surface area contributed by atoms with Crippen LogP contribution in [-0.4, -0.2) is 33.6 Å². The summed E-state index contributed by atoms with van der Waals surface area (Å²) < 4.78 is 1.90. The van der Waals surface area contributed by atoms with Gasteiger partial charge in [0, 0.05) is 43.7 Å². The van der Waals surface area contributed by atoms with E-state index in [1.165, 1.54) is 5.56 Å². The molecule has 0 aliphatic carbocycles. The highest BCUT2D eigenvalue weighted by molar-refractivity contribution is 5.81. The molecule has 0 bridgehead atoms. The Morgan fingerprint density at radius 2 is 2.10 bits per heavy atom. The van der Waals surface area contributed by atoms with Gasteiger partial charge in [0.15, 0.2) is 0 Å². The lowest BCUT2D eigenvalue weighted by Crippen LogP contribution is -2.38. The molecular weight excluding hydrogens is 250 g/mol. The molecule has 1 fully saturated rings. The average molecular weight is 269 g/mol. The third-order valence-corrected chi connectivity index (χ3v) is 3.82. The number of hydrogen-bond donors (Lipinski definition) is 0. The van der Waals surface area contributed by atoms with Crippen molar-refractivity contribution in [2.24, 2.45) is 5.92 Å². The lowest BCUT2D eigenvalue weighted by atomic mass is 9.98. The summed E-state index contributed by atoms with van der Waals surface area (Å²) in [5, 5.41) is 4.41. The fourth-order valence-corrected chi connectivity index (χ4v) is 2.66. The summed E-state index contributed by atoms with van der Waals surface area (Å²) in [4.78, 5) is 13.9. The van der Waals surface area contributed by atoms with Gasteiger partial charge in [0.2, 0.25) is 0 Å². The summed E-state index contributed by atoms with van der Waals surface area (Å²) >= 11 is 0. The molecule has 2 aromatic rings. The smallest absolute Gasteiger partial charge is 0.138 e. The van der Waals surface area contributed by atoms with Crippen LogP contribution in [0.1, 0.15) is 18.9 Å². The zero-order valence-corrected chi connectivity index (χ0v) is 11.7. The molecule has 1 aliphatic rings. The molecule has 4 nitrogen and oxygen atoms in total. The van der Waals surface area contributed by atoms with Gasteiger partial charge in [-0.2, -0.15) is 5.10 Å². The predicted octanol–water partition coefficient (Wildman–Crippen LogP) is 2.28. The summed E-state index contributed by atoms with van der Waals surface area (Å²) in [6, 6.07) is 10.1. The Morgan fingerprint density at radius 3 is 2.85 bits per heavy atom. The van der Waals surface area contributed by atoms with E-state index in [2.05, 4.69) is 16.2 Å². The van der Waals surface area contributed by atoms with E-state index < -0.39 is 0 Å². The number of piperidine rings is 1. The number of carbonyl (C=O) groups excluding carboxylic acids is 1. The monoisotopic (exact) mass is 269 g/mol. The standard InChI is InChI=1S/C16H19N3O/c1-13-10-18(8-7-16(13)20)11-14-9-17-19(12-14)15-5-3-2-4-6-15/h2-6,9,12-13H,7-8,10-11H2,1H3. The van der Waals surface area contributed by atoms with E-state index >= 15 is 0 Å². The van der Waals surface area contributed by atoms with Crippen molar-refractivity contribution in [1.29, 1.82) is 0 Å². The van der Waals surface area contributed by atoms with Crippen LogP contribution >= 0.6 is 0 Å². The fraction of sp³-hybridized carbons (Fsp3) is 0.375. The van der Waals surface area contributed by atoms with Crippen molar-refractivity contribution >= 4 is 5.78 Å². The van der Waals surface area contributed by atoms with Crippen LogP contribution in [0.15, 0.2) is 42.7 Å². The molecule has 0 radical (unpaired) electrons. The summed E-state index contributed by atoms with van der Waals surface area (Å²) in [7, 11) is 0. The second-order valence-electron chi connectivity index (χ2n) is 5.48. The van der Waals surface area contributed by atoms with Crippen molar-refractivity contribution in [2.75, 3.05) is 13.1 Å². The maximum atomic E-state index is 11.5. The van der Waals surface area contributed by atoms with Crippen molar-refractivity contribution in [2.45, 2.75) is 19.9 Å². The Bertz CT molecular complexity index is 591. The van der Waals surface area contributed by atoms with Gasteiger partial charge >= 0.3 is 0 Å². The van der Waals surface area contributed by atoms with Crippen LogP contribution in [0.5, 0.6) is 0 Å². The molecule has 104 valence electrons. The van der Waals surface area contributed by atoms with Crippen LogP contribution in [0.25, 0.3) is 5.69 Å². The van der Waals surface area contributed by atoms with Crippen molar-refractivity contribution in [3.05, 3.63) is 48.3 Å². The highest BCUT2D eigenvalue weighted by Gasteiger charge is 2.23. The van der Waals surface area contributed by atoms with Gasteiger partial charge in [0.25, 0.3) is 0 Å². The van der Waals surface area contributed by atoms with Crippen molar-refractivity contribution in [1.82, 2.24) is 14.7 Å². The van der Waals surface area contributed by atoms with E-state index in [0.29, 0.717) is 12.2 Å². The minimum atomic E-state index is 0.160. The van der Waals surface area contributed by atoms with Crippen molar-refractivity contribution < 1.29 is 4.79 Å². The maximum absolute atomic E-state index is 11.5. The van der Waals surface area contributed by atoms with Crippen molar-refractivity contribution in [3.8, 4) is 5.69 Å². The minimum absolute atomic E-state index is 0.160. The number of hydrogen-bond acceptors (Lipinski definition) is 3. The lowest BCUT2D eigenvalue weighted by molar-refractivity contribution is -0.125. The third-order valence-electron chi connectivity index (χ3n) is 3.82. The van der Waals surface area contributed by atoms with Crippen LogP contribution < -0.4 is 0 Å². The van der Waals surface area contributed by atoms with Gasteiger partial charge in [-0.15, -0.1) is 0 Å². The van der Waals surface area contributed by atoms with Crippen LogP contribution in [-0.2, 0) is 11.3 Å². The largest absolute Gasteiger partial charge is 0.299 e. The molecule has 3 rings (SSSR count). The Hall–Kier alpha value is -1.94. The number of Topliss-reactive ketones (excluding diaryl/α,β-unsaturated/α-hetero) is 1. The first-order chi connectivity index (χ1) is 9.72. The van der Waals surface area contributed by atoms with E-state index in [1.54, 1.807) is 0 Å². The van der Waals surface area contributed by atoms with E-state index in [-0.39, 0.29) is 5.92 Å². The molecule has 0 amide bonds. The van der Waals surface area contributed by atoms with Gasteiger partial charge in [-0.25, -0.2) is 4.68 Å². The maximum Gasteiger partial charge on any atom is 0.138 e. The molecule has 0 spiro atoms. The second kappa shape index (κ2) is 5.59. The minimum Gasteiger partial charge on any atom is -0.299 e. The molecular formula is C16H19N3O. The zero-order valence-electron chi connectivity index (χ0n) is 11.7. The number of likely N-dealkylation sites (tertiary alicyclic amines) is 1. The first-order valence-electron chi connectivity index (χ1n) is 7.06. The number of carbonyl (C=O) groups is 1. The Labute approximate surface area is 119 Å². The first kappa shape index (κ1) is 13.1. The number of para-hydroxylation sites is 1. The van der Waals surface area contributed by atoms with Crippen LogP contribution in [0, 0.1) is 5.92 Å². The zero-order chi connectivity index (χ0) is 13.9. The molecule has 1 saturated heterocycles. The van der Waals surface area contributed by atoms with Gasteiger partial charge in [0.1, 0.15) is 5.78 Å². The van der Waals surface area contributed by atoms with E-state index in [4.69, 9.17) is 0 Å².